The number of aromatic nitrogens is 1. The summed E-state index contributed by atoms with van der Waals surface area (Å²) in [6.45, 7) is 11.1. The Balaban J connectivity index is 2.20. The highest BCUT2D eigenvalue weighted by Crippen LogP contribution is 2.22. The maximum absolute atomic E-state index is 3.51. The van der Waals surface area contributed by atoms with Crippen molar-refractivity contribution in [2.24, 2.45) is 5.92 Å². The SMILES string of the molecule is CCCC(C)Cn1ccc2c(CNC(C)C)cccc21. The summed E-state index contributed by atoms with van der Waals surface area (Å²) in [6, 6.07) is 9.45. The summed E-state index contributed by atoms with van der Waals surface area (Å²) in [6.07, 6.45) is 4.81. The first-order valence-corrected chi connectivity index (χ1v) is 7.92. The molecule has 1 unspecified atom stereocenters. The van der Waals surface area contributed by atoms with Crippen LogP contribution in [0.25, 0.3) is 10.9 Å². The van der Waals surface area contributed by atoms with Crippen molar-refractivity contribution in [2.75, 3.05) is 0 Å². The number of hydrogen-bond donors (Lipinski definition) is 1. The van der Waals surface area contributed by atoms with Crippen LogP contribution in [0.1, 0.15) is 46.1 Å². The topological polar surface area (TPSA) is 17.0 Å². The average Bonchev–Trinajstić information content (AvgIpc) is 2.80. The van der Waals surface area contributed by atoms with E-state index in [9.17, 15) is 0 Å². The van der Waals surface area contributed by atoms with Gasteiger partial charge in [0, 0.05) is 36.2 Å². The zero-order valence-electron chi connectivity index (χ0n) is 13.3. The smallest absolute Gasteiger partial charge is 0.0483 e. The Kier molecular flexibility index (Phi) is 5.24. The lowest BCUT2D eigenvalue weighted by molar-refractivity contribution is 0.453. The molecule has 0 aliphatic carbocycles. The van der Waals surface area contributed by atoms with Crippen molar-refractivity contribution >= 4 is 10.9 Å². The summed E-state index contributed by atoms with van der Waals surface area (Å²) in [7, 11) is 0. The summed E-state index contributed by atoms with van der Waals surface area (Å²) in [5, 5.41) is 4.91. The van der Waals surface area contributed by atoms with Crippen LogP contribution in [0.2, 0.25) is 0 Å². The van der Waals surface area contributed by atoms with Gasteiger partial charge < -0.3 is 9.88 Å². The van der Waals surface area contributed by atoms with E-state index in [2.05, 4.69) is 68.0 Å². The lowest BCUT2D eigenvalue weighted by Crippen LogP contribution is -2.21. The molecule has 1 heterocycles. The summed E-state index contributed by atoms with van der Waals surface area (Å²) in [4.78, 5) is 0. The van der Waals surface area contributed by atoms with Crippen LogP contribution in [-0.2, 0) is 13.1 Å². The second-order valence-corrected chi connectivity index (χ2v) is 6.25. The van der Waals surface area contributed by atoms with E-state index < -0.39 is 0 Å². The molecule has 0 bridgehead atoms. The second-order valence-electron chi connectivity index (χ2n) is 6.25. The zero-order chi connectivity index (χ0) is 14.5. The molecule has 0 amide bonds. The summed E-state index contributed by atoms with van der Waals surface area (Å²) < 4.78 is 2.41. The Labute approximate surface area is 123 Å². The molecule has 2 heteroatoms. The van der Waals surface area contributed by atoms with Gasteiger partial charge in [0.25, 0.3) is 0 Å². The van der Waals surface area contributed by atoms with E-state index in [0.29, 0.717) is 6.04 Å². The van der Waals surface area contributed by atoms with E-state index >= 15 is 0 Å². The van der Waals surface area contributed by atoms with Crippen molar-refractivity contribution in [1.82, 2.24) is 9.88 Å². The maximum Gasteiger partial charge on any atom is 0.0483 e. The Bertz CT molecular complexity index is 539. The first kappa shape index (κ1) is 15.1. The van der Waals surface area contributed by atoms with E-state index in [1.54, 1.807) is 0 Å². The Morgan fingerprint density at radius 1 is 1.15 bits per heavy atom. The molecule has 2 aromatic rings. The van der Waals surface area contributed by atoms with Crippen LogP contribution in [0.15, 0.2) is 30.5 Å². The van der Waals surface area contributed by atoms with Crippen molar-refractivity contribution in [1.29, 1.82) is 0 Å². The molecule has 1 aromatic carbocycles. The number of rotatable bonds is 7. The third-order valence-electron chi connectivity index (χ3n) is 3.89. The van der Waals surface area contributed by atoms with Crippen LogP contribution in [0.5, 0.6) is 0 Å². The van der Waals surface area contributed by atoms with Crippen LogP contribution in [0, 0.1) is 5.92 Å². The van der Waals surface area contributed by atoms with Gasteiger partial charge in [-0.3, -0.25) is 0 Å². The standard InChI is InChI=1S/C18H28N2/c1-5-7-15(4)13-20-11-10-17-16(12-19-14(2)3)8-6-9-18(17)20/h6,8-11,14-15,19H,5,7,12-13H2,1-4H3. The largest absolute Gasteiger partial charge is 0.347 e. The molecule has 0 fully saturated rings. The lowest BCUT2D eigenvalue weighted by Gasteiger charge is -2.13. The van der Waals surface area contributed by atoms with E-state index in [1.165, 1.54) is 29.3 Å². The van der Waals surface area contributed by atoms with Crippen LogP contribution in [0.4, 0.5) is 0 Å². The van der Waals surface area contributed by atoms with Crippen molar-refractivity contribution in [3.05, 3.63) is 36.0 Å². The molecular formula is C18H28N2. The molecule has 0 saturated heterocycles. The van der Waals surface area contributed by atoms with Crippen LogP contribution in [0.3, 0.4) is 0 Å². The molecule has 2 rings (SSSR count). The van der Waals surface area contributed by atoms with Crippen molar-refractivity contribution in [3.8, 4) is 0 Å². The average molecular weight is 272 g/mol. The number of nitrogens with one attached hydrogen (secondary N) is 1. The quantitative estimate of drug-likeness (QED) is 0.781. The van der Waals surface area contributed by atoms with Gasteiger partial charge in [0.15, 0.2) is 0 Å². The first-order valence-electron chi connectivity index (χ1n) is 7.92. The minimum absolute atomic E-state index is 0.525. The summed E-state index contributed by atoms with van der Waals surface area (Å²) in [5.41, 5.74) is 2.77. The molecular weight excluding hydrogens is 244 g/mol. The molecule has 1 atom stereocenters. The molecule has 20 heavy (non-hydrogen) atoms. The van der Waals surface area contributed by atoms with Gasteiger partial charge in [0.1, 0.15) is 0 Å². The van der Waals surface area contributed by atoms with Gasteiger partial charge in [-0.15, -0.1) is 0 Å². The lowest BCUT2D eigenvalue weighted by atomic mass is 10.1. The monoisotopic (exact) mass is 272 g/mol. The van der Waals surface area contributed by atoms with Gasteiger partial charge in [-0.2, -0.15) is 0 Å². The molecule has 0 spiro atoms. The number of nitrogens with zero attached hydrogens (tertiary/aromatic N) is 1. The van der Waals surface area contributed by atoms with Crippen molar-refractivity contribution < 1.29 is 0 Å². The summed E-state index contributed by atoms with van der Waals surface area (Å²) in [5.74, 6) is 0.744. The Morgan fingerprint density at radius 3 is 2.65 bits per heavy atom. The van der Waals surface area contributed by atoms with Gasteiger partial charge in [0.2, 0.25) is 0 Å². The van der Waals surface area contributed by atoms with E-state index in [-0.39, 0.29) is 0 Å². The molecule has 0 radical (unpaired) electrons. The fraction of sp³-hybridized carbons (Fsp3) is 0.556. The minimum atomic E-state index is 0.525. The molecule has 2 nitrogen and oxygen atoms in total. The molecule has 0 saturated carbocycles. The fourth-order valence-corrected chi connectivity index (χ4v) is 2.83. The van der Waals surface area contributed by atoms with Gasteiger partial charge in [-0.25, -0.2) is 0 Å². The van der Waals surface area contributed by atoms with Gasteiger partial charge in [-0.05, 0) is 30.0 Å². The molecule has 1 aromatic heterocycles. The fourth-order valence-electron chi connectivity index (χ4n) is 2.83. The highest BCUT2D eigenvalue weighted by molar-refractivity contribution is 5.83. The Morgan fingerprint density at radius 2 is 1.95 bits per heavy atom. The number of hydrogen-bond acceptors (Lipinski definition) is 1. The maximum atomic E-state index is 3.51. The van der Waals surface area contributed by atoms with Gasteiger partial charge in [-0.1, -0.05) is 46.2 Å². The highest BCUT2D eigenvalue weighted by Gasteiger charge is 2.08. The third-order valence-corrected chi connectivity index (χ3v) is 3.89. The number of benzene rings is 1. The summed E-state index contributed by atoms with van der Waals surface area (Å²) >= 11 is 0. The van der Waals surface area contributed by atoms with Crippen molar-refractivity contribution in [3.63, 3.8) is 0 Å². The van der Waals surface area contributed by atoms with E-state index in [1.807, 2.05) is 0 Å². The highest BCUT2D eigenvalue weighted by atomic mass is 15.0. The molecule has 1 N–H and O–H groups in total. The van der Waals surface area contributed by atoms with Crippen molar-refractivity contribution in [2.45, 2.75) is 59.7 Å². The van der Waals surface area contributed by atoms with Crippen LogP contribution < -0.4 is 5.32 Å². The van der Waals surface area contributed by atoms with Gasteiger partial charge in [0.05, 0.1) is 0 Å². The normalized spacial score (nSPS) is 13.2. The first-order chi connectivity index (χ1) is 9.61. The predicted molar refractivity (Wildman–Crippen MR) is 88.0 cm³/mol. The predicted octanol–water partition coefficient (Wildman–Crippen LogP) is 4.58. The zero-order valence-corrected chi connectivity index (χ0v) is 13.3. The Hall–Kier alpha value is -1.28. The van der Waals surface area contributed by atoms with E-state index in [4.69, 9.17) is 0 Å². The van der Waals surface area contributed by atoms with Crippen LogP contribution in [-0.4, -0.2) is 10.6 Å². The third kappa shape index (κ3) is 3.63. The van der Waals surface area contributed by atoms with Crippen LogP contribution >= 0.6 is 0 Å². The molecule has 0 aliphatic rings. The number of fused-ring (bicyclic) bond motifs is 1. The van der Waals surface area contributed by atoms with Gasteiger partial charge >= 0.3 is 0 Å². The molecule has 110 valence electrons. The minimum Gasteiger partial charge on any atom is -0.347 e. The van der Waals surface area contributed by atoms with E-state index in [0.717, 1.165) is 19.0 Å². The second kappa shape index (κ2) is 6.94. The molecule has 0 aliphatic heterocycles.